The third-order valence-corrected chi connectivity index (χ3v) is 5.10. The number of hydrogen-bond acceptors (Lipinski definition) is 6. The maximum Gasteiger partial charge on any atom is 0.230 e. The van der Waals surface area contributed by atoms with Crippen LogP contribution in [0.5, 0.6) is 0 Å². The number of nitrogens with one attached hydrogen (secondary N) is 1. The van der Waals surface area contributed by atoms with Gasteiger partial charge in [-0.1, -0.05) is 55.9 Å². The van der Waals surface area contributed by atoms with E-state index in [2.05, 4.69) is 34.3 Å². The molecular formula is C20H24N6OS. The van der Waals surface area contributed by atoms with E-state index < -0.39 is 0 Å². The van der Waals surface area contributed by atoms with Crippen LogP contribution in [0.3, 0.4) is 0 Å². The zero-order valence-electron chi connectivity index (χ0n) is 15.9. The molecule has 0 aliphatic rings. The van der Waals surface area contributed by atoms with E-state index >= 15 is 0 Å². The lowest BCUT2D eigenvalue weighted by Crippen LogP contribution is -2.31. The first kappa shape index (κ1) is 19.9. The number of hydrogen-bond donors (Lipinski definition) is 2. The summed E-state index contributed by atoms with van der Waals surface area (Å²) >= 11 is 1.26. The second kappa shape index (κ2) is 9.36. The molecule has 0 radical (unpaired) electrons. The second-order valence-corrected chi connectivity index (χ2v) is 7.81. The first-order valence-corrected chi connectivity index (χ1v) is 10.1. The van der Waals surface area contributed by atoms with E-state index in [1.165, 1.54) is 16.4 Å². The van der Waals surface area contributed by atoms with E-state index in [0.29, 0.717) is 16.9 Å². The average Bonchev–Trinajstić information content (AvgIpc) is 3.07. The quantitative estimate of drug-likeness (QED) is 0.448. The largest absolute Gasteiger partial charge is 0.349 e. The summed E-state index contributed by atoms with van der Waals surface area (Å²) in [6.45, 7) is 4.29. The van der Waals surface area contributed by atoms with Crippen LogP contribution in [-0.2, 0) is 4.79 Å². The SMILES string of the molecule is CC(C)C[C@H](NC(=O)CSc1nnc(-c2cccnc2)n1N)c1ccccc1. The van der Waals surface area contributed by atoms with Crippen LogP contribution in [0.4, 0.5) is 0 Å². The number of aromatic nitrogens is 4. The highest BCUT2D eigenvalue weighted by Gasteiger charge is 2.18. The minimum Gasteiger partial charge on any atom is -0.349 e. The number of nitrogens with two attached hydrogens (primary N) is 1. The van der Waals surface area contributed by atoms with Gasteiger partial charge in [0.2, 0.25) is 11.1 Å². The van der Waals surface area contributed by atoms with Crippen LogP contribution in [0.25, 0.3) is 11.4 Å². The van der Waals surface area contributed by atoms with Gasteiger partial charge in [0, 0.05) is 18.0 Å². The van der Waals surface area contributed by atoms with E-state index in [4.69, 9.17) is 5.84 Å². The Morgan fingerprint density at radius 3 is 2.64 bits per heavy atom. The van der Waals surface area contributed by atoms with Crippen LogP contribution in [0.1, 0.15) is 31.9 Å². The molecule has 1 aromatic carbocycles. The normalized spacial score (nSPS) is 12.1. The molecule has 146 valence electrons. The first-order valence-electron chi connectivity index (χ1n) is 9.12. The van der Waals surface area contributed by atoms with Gasteiger partial charge in [-0.15, -0.1) is 10.2 Å². The number of nitrogens with zero attached hydrogens (tertiary/aromatic N) is 4. The Bertz CT molecular complexity index is 898. The van der Waals surface area contributed by atoms with Gasteiger partial charge in [0.05, 0.1) is 11.8 Å². The summed E-state index contributed by atoms with van der Waals surface area (Å²) in [5.41, 5.74) is 1.88. The molecule has 0 aliphatic heterocycles. The summed E-state index contributed by atoms with van der Waals surface area (Å²) in [5.74, 6) is 7.22. The van der Waals surface area contributed by atoms with Gasteiger partial charge in [0.15, 0.2) is 5.82 Å². The zero-order valence-corrected chi connectivity index (χ0v) is 16.8. The summed E-state index contributed by atoms with van der Waals surface area (Å²) in [4.78, 5) is 16.6. The van der Waals surface area contributed by atoms with Crippen molar-refractivity contribution in [1.29, 1.82) is 0 Å². The van der Waals surface area contributed by atoms with E-state index in [9.17, 15) is 4.79 Å². The van der Waals surface area contributed by atoms with Crippen molar-refractivity contribution in [1.82, 2.24) is 25.2 Å². The predicted octanol–water partition coefficient (Wildman–Crippen LogP) is 3.05. The number of amides is 1. The summed E-state index contributed by atoms with van der Waals surface area (Å²) in [7, 11) is 0. The lowest BCUT2D eigenvalue weighted by molar-refractivity contribution is -0.119. The lowest BCUT2D eigenvalue weighted by Gasteiger charge is -2.21. The molecule has 0 unspecified atom stereocenters. The highest BCUT2D eigenvalue weighted by molar-refractivity contribution is 7.99. The molecule has 3 rings (SSSR count). The summed E-state index contributed by atoms with van der Waals surface area (Å²) in [6, 6.07) is 13.7. The molecule has 3 N–H and O–H groups in total. The van der Waals surface area contributed by atoms with E-state index in [0.717, 1.165) is 17.5 Å². The van der Waals surface area contributed by atoms with Crippen LogP contribution < -0.4 is 11.2 Å². The van der Waals surface area contributed by atoms with Gasteiger partial charge in [-0.05, 0) is 30.0 Å². The van der Waals surface area contributed by atoms with Crippen molar-refractivity contribution in [2.24, 2.45) is 5.92 Å². The summed E-state index contributed by atoms with van der Waals surface area (Å²) < 4.78 is 1.39. The fourth-order valence-corrected chi connectivity index (χ4v) is 3.54. The molecule has 0 saturated carbocycles. The van der Waals surface area contributed by atoms with Crippen LogP contribution in [0.15, 0.2) is 60.0 Å². The Labute approximate surface area is 168 Å². The molecule has 1 amide bonds. The maximum atomic E-state index is 12.5. The monoisotopic (exact) mass is 396 g/mol. The first-order chi connectivity index (χ1) is 13.5. The van der Waals surface area contributed by atoms with Gasteiger partial charge >= 0.3 is 0 Å². The molecule has 0 fully saturated rings. The molecule has 0 saturated heterocycles. The van der Waals surface area contributed by atoms with Crippen LogP contribution in [-0.4, -0.2) is 31.5 Å². The van der Waals surface area contributed by atoms with Crippen molar-refractivity contribution in [2.75, 3.05) is 11.6 Å². The molecule has 0 spiro atoms. The molecule has 7 nitrogen and oxygen atoms in total. The number of carbonyl (C=O) groups is 1. The van der Waals surface area contributed by atoms with Gasteiger partial charge in [0.25, 0.3) is 0 Å². The molecule has 0 bridgehead atoms. The number of rotatable bonds is 8. The number of carbonyl (C=O) groups excluding carboxylic acids is 1. The third-order valence-electron chi connectivity index (χ3n) is 4.16. The van der Waals surface area contributed by atoms with Gasteiger partial charge < -0.3 is 11.2 Å². The van der Waals surface area contributed by atoms with Crippen molar-refractivity contribution in [2.45, 2.75) is 31.5 Å². The number of benzene rings is 1. The van der Waals surface area contributed by atoms with Crippen molar-refractivity contribution in [3.05, 3.63) is 60.4 Å². The van der Waals surface area contributed by atoms with E-state index in [1.54, 1.807) is 12.4 Å². The van der Waals surface area contributed by atoms with Gasteiger partial charge in [-0.25, -0.2) is 4.68 Å². The molecule has 8 heteroatoms. The molecule has 0 aliphatic carbocycles. The Morgan fingerprint density at radius 2 is 1.96 bits per heavy atom. The Hall–Kier alpha value is -2.87. The fourth-order valence-electron chi connectivity index (χ4n) is 2.87. The van der Waals surface area contributed by atoms with Crippen LogP contribution in [0.2, 0.25) is 0 Å². The van der Waals surface area contributed by atoms with E-state index in [-0.39, 0.29) is 17.7 Å². The highest BCUT2D eigenvalue weighted by Crippen LogP contribution is 2.23. The molecule has 28 heavy (non-hydrogen) atoms. The van der Waals surface area contributed by atoms with Crippen molar-refractivity contribution < 1.29 is 4.79 Å². The average molecular weight is 397 g/mol. The summed E-state index contributed by atoms with van der Waals surface area (Å²) in [6.07, 6.45) is 4.23. The Morgan fingerprint density at radius 1 is 1.18 bits per heavy atom. The highest BCUT2D eigenvalue weighted by atomic mass is 32.2. The lowest BCUT2D eigenvalue weighted by atomic mass is 9.97. The smallest absolute Gasteiger partial charge is 0.230 e. The third kappa shape index (κ3) is 5.10. The molecule has 1 atom stereocenters. The standard InChI is InChI=1S/C20H24N6OS/c1-14(2)11-17(15-7-4-3-5-8-15)23-18(27)13-28-20-25-24-19(26(20)21)16-9-6-10-22-12-16/h3-10,12,14,17H,11,13,21H2,1-2H3,(H,23,27)/t17-/m0/s1. The molecule has 2 aromatic heterocycles. The molecule has 3 aromatic rings. The molecular weight excluding hydrogens is 372 g/mol. The number of thioether (sulfide) groups is 1. The number of pyridine rings is 1. The van der Waals surface area contributed by atoms with Gasteiger partial charge in [0.1, 0.15) is 0 Å². The van der Waals surface area contributed by atoms with Crippen molar-refractivity contribution in [3.8, 4) is 11.4 Å². The Kier molecular flexibility index (Phi) is 6.65. The fraction of sp³-hybridized carbons (Fsp3) is 0.300. The van der Waals surface area contributed by atoms with Gasteiger partial charge in [-0.3, -0.25) is 9.78 Å². The van der Waals surface area contributed by atoms with E-state index in [1.807, 2.05) is 42.5 Å². The minimum atomic E-state index is -0.0644. The van der Waals surface area contributed by atoms with Gasteiger partial charge in [-0.2, -0.15) is 0 Å². The minimum absolute atomic E-state index is 0.0176. The number of nitrogen functional groups attached to an aromatic ring is 1. The van der Waals surface area contributed by atoms with Crippen molar-refractivity contribution >= 4 is 17.7 Å². The van der Waals surface area contributed by atoms with Crippen LogP contribution >= 0.6 is 11.8 Å². The van der Waals surface area contributed by atoms with Crippen molar-refractivity contribution in [3.63, 3.8) is 0 Å². The topological polar surface area (TPSA) is 98.7 Å². The predicted molar refractivity (Wildman–Crippen MR) is 111 cm³/mol. The second-order valence-electron chi connectivity index (χ2n) is 6.87. The Balaban J connectivity index is 1.63. The molecule has 2 heterocycles. The summed E-state index contributed by atoms with van der Waals surface area (Å²) in [5, 5.41) is 11.8. The maximum absolute atomic E-state index is 12.5. The zero-order chi connectivity index (χ0) is 19.9. The van der Waals surface area contributed by atoms with Crippen LogP contribution in [0, 0.1) is 5.92 Å².